The van der Waals surface area contributed by atoms with Crippen molar-refractivity contribution < 1.29 is 9.53 Å². The Morgan fingerprint density at radius 3 is 3.00 bits per heavy atom. The Hall–Kier alpha value is -1.55. The number of benzene rings is 1. The molecule has 2 aliphatic rings. The first-order valence-corrected chi connectivity index (χ1v) is 7.01. The highest BCUT2D eigenvalue weighted by Gasteiger charge is 2.33. The first kappa shape index (κ1) is 12.5. The predicted molar refractivity (Wildman–Crippen MR) is 73.0 cm³/mol. The summed E-state index contributed by atoms with van der Waals surface area (Å²) >= 11 is 0. The SMILES string of the molecule is NCC1CN(CC2CCCc3ccccc32)C(=O)O1. The molecule has 0 bridgehead atoms. The van der Waals surface area contributed by atoms with Crippen LogP contribution in [0.25, 0.3) is 0 Å². The zero-order chi connectivity index (χ0) is 13.2. The first-order chi connectivity index (χ1) is 9.28. The highest BCUT2D eigenvalue weighted by atomic mass is 16.6. The number of carbonyl (C=O) groups is 1. The van der Waals surface area contributed by atoms with Crippen molar-refractivity contribution in [3.05, 3.63) is 35.4 Å². The van der Waals surface area contributed by atoms with Crippen molar-refractivity contribution in [3.8, 4) is 0 Å². The fourth-order valence-corrected chi connectivity index (χ4v) is 3.16. The minimum atomic E-state index is -0.210. The number of cyclic esters (lactones) is 1. The average Bonchev–Trinajstić information content (AvgIpc) is 2.80. The zero-order valence-electron chi connectivity index (χ0n) is 11.0. The van der Waals surface area contributed by atoms with E-state index in [4.69, 9.17) is 10.5 Å². The maximum absolute atomic E-state index is 11.8. The second kappa shape index (κ2) is 5.21. The molecule has 4 nitrogen and oxygen atoms in total. The molecule has 19 heavy (non-hydrogen) atoms. The molecule has 1 saturated heterocycles. The number of hydrogen-bond acceptors (Lipinski definition) is 3. The third-order valence-electron chi connectivity index (χ3n) is 4.15. The lowest BCUT2D eigenvalue weighted by atomic mass is 9.82. The van der Waals surface area contributed by atoms with E-state index in [0.717, 1.165) is 19.4 Å². The molecular formula is C15H20N2O2. The molecule has 1 aromatic carbocycles. The molecule has 1 amide bonds. The minimum Gasteiger partial charge on any atom is -0.443 e. The number of rotatable bonds is 3. The van der Waals surface area contributed by atoms with E-state index in [1.807, 2.05) is 4.90 Å². The number of hydrogen-bond donors (Lipinski definition) is 1. The molecule has 1 heterocycles. The summed E-state index contributed by atoms with van der Waals surface area (Å²) in [4.78, 5) is 13.6. The Morgan fingerprint density at radius 1 is 1.37 bits per heavy atom. The van der Waals surface area contributed by atoms with Crippen LogP contribution in [0.4, 0.5) is 4.79 Å². The van der Waals surface area contributed by atoms with E-state index in [1.165, 1.54) is 17.5 Å². The standard InChI is InChI=1S/C15H20N2O2/c16-8-13-10-17(15(18)19-13)9-12-6-3-5-11-4-1-2-7-14(11)12/h1-2,4,7,12-13H,3,5-6,8-10,16H2. The van der Waals surface area contributed by atoms with Gasteiger partial charge in [-0.15, -0.1) is 0 Å². The summed E-state index contributed by atoms with van der Waals surface area (Å²) in [6.45, 7) is 1.80. The van der Waals surface area contributed by atoms with E-state index in [1.54, 1.807) is 0 Å². The fourth-order valence-electron chi connectivity index (χ4n) is 3.16. The van der Waals surface area contributed by atoms with Gasteiger partial charge in [0.1, 0.15) is 6.10 Å². The molecule has 1 aromatic rings. The highest BCUT2D eigenvalue weighted by Crippen LogP contribution is 2.32. The smallest absolute Gasteiger partial charge is 0.410 e. The molecule has 1 aliphatic heterocycles. The van der Waals surface area contributed by atoms with Crippen LogP contribution in [-0.4, -0.2) is 36.7 Å². The van der Waals surface area contributed by atoms with E-state index in [9.17, 15) is 4.79 Å². The lowest BCUT2D eigenvalue weighted by Gasteiger charge is -2.28. The Kier molecular flexibility index (Phi) is 3.42. The lowest BCUT2D eigenvalue weighted by molar-refractivity contribution is 0.134. The van der Waals surface area contributed by atoms with Crippen LogP contribution in [0.2, 0.25) is 0 Å². The second-order valence-corrected chi connectivity index (χ2v) is 5.43. The van der Waals surface area contributed by atoms with Crippen LogP contribution in [0.5, 0.6) is 0 Å². The lowest BCUT2D eigenvalue weighted by Crippen LogP contribution is -2.32. The molecule has 1 fully saturated rings. The van der Waals surface area contributed by atoms with Gasteiger partial charge < -0.3 is 15.4 Å². The number of nitrogens with two attached hydrogens (primary N) is 1. The first-order valence-electron chi connectivity index (χ1n) is 7.01. The quantitative estimate of drug-likeness (QED) is 0.903. The van der Waals surface area contributed by atoms with E-state index >= 15 is 0 Å². The van der Waals surface area contributed by atoms with Crippen molar-refractivity contribution in [2.75, 3.05) is 19.6 Å². The summed E-state index contributed by atoms with van der Waals surface area (Å²) < 4.78 is 5.21. The summed E-state index contributed by atoms with van der Waals surface area (Å²) in [5.41, 5.74) is 8.40. The summed E-state index contributed by atoms with van der Waals surface area (Å²) in [6.07, 6.45) is 3.16. The van der Waals surface area contributed by atoms with Gasteiger partial charge in [0, 0.05) is 19.0 Å². The molecule has 0 radical (unpaired) electrons. The molecule has 3 rings (SSSR count). The number of fused-ring (bicyclic) bond motifs is 1. The van der Waals surface area contributed by atoms with Crippen LogP contribution in [-0.2, 0) is 11.2 Å². The monoisotopic (exact) mass is 260 g/mol. The van der Waals surface area contributed by atoms with Crippen molar-refractivity contribution >= 4 is 6.09 Å². The zero-order valence-corrected chi connectivity index (χ0v) is 11.0. The number of carbonyl (C=O) groups excluding carboxylic acids is 1. The van der Waals surface area contributed by atoms with Crippen LogP contribution in [0.15, 0.2) is 24.3 Å². The Bertz CT molecular complexity index is 475. The van der Waals surface area contributed by atoms with Gasteiger partial charge in [-0.25, -0.2) is 4.79 Å². The van der Waals surface area contributed by atoms with Gasteiger partial charge in [-0.2, -0.15) is 0 Å². The Labute approximate surface area is 113 Å². The number of amides is 1. The molecular weight excluding hydrogens is 240 g/mol. The number of nitrogens with zero attached hydrogens (tertiary/aromatic N) is 1. The van der Waals surface area contributed by atoms with Gasteiger partial charge in [0.15, 0.2) is 0 Å². The van der Waals surface area contributed by atoms with Crippen molar-refractivity contribution in [2.24, 2.45) is 5.73 Å². The summed E-state index contributed by atoms with van der Waals surface area (Å²) in [5.74, 6) is 0.439. The van der Waals surface area contributed by atoms with Crippen molar-refractivity contribution in [2.45, 2.75) is 31.3 Å². The van der Waals surface area contributed by atoms with Crippen LogP contribution >= 0.6 is 0 Å². The maximum Gasteiger partial charge on any atom is 0.410 e. The van der Waals surface area contributed by atoms with E-state index in [0.29, 0.717) is 19.0 Å². The van der Waals surface area contributed by atoms with Gasteiger partial charge in [-0.1, -0.05) is 24.3 Å². The van der Waals surface area contributed by atoms with Gasteiger partial charge in [-0.05, 0) is 30.4 Å². The Morgan fingerprint density at radius 2 is 2.21 bits per heavy atom. The van der Waals surface area contributed by atoms with Crippen LogP contribution in [0, 0.1) is 0 Å². The predicted octanol–water partition coefficient (Wildman–Crippen LogP) is 1.89. The average molecular weight is 260 g/mol. The third-order valence-corrected chi connectivity index (χ3v) is 4.15. The molecule has 102 valence electrons. The molecule has 1 aliphatic carbocycles. The van der Waals surface area contributed by atoms with E-state index < -0.39 is 0 Å². The highest BCUT2D eigenvalue weighted by molar-refractivity contribution is 5.70. The van der Waals surface area contributed by atoms with Crippen LogP contribution in [0.3, 0.4) is 0 Å². The van der Waals surface area contributed by atoms with Crippen molar-refractivity contribution in [3.63, 3.8) is 0 Å². The minimum absolute atomic E-state index is 0.133. The normalized spacial score (nSPS) is 26.2. The van der Waals surface area contributed by atoms with Crippen LogP contribution < -0.4 is 5.73 Å². The Balaban J connectivity index is 1.73. The second-order valence-electron chi connectivity index (χ2n) is 5.43. The number of aryl methyl sites for hydroxylation is 1. The summed E-state index contributed by atoms with van der Waals surface area (Å²) in [7, 11) is 0. The third kappa shape index (κ3) is 2.45. The topological polar surface area (TPSA) is 55.6 Å². The van der Waals surface area contributed by atoms with Gasteiger partial charge in [0.25, 0.3) is 0 Å². The summed E-state index contributed by atoms with van der Waals surface area (Å²) in [5, 5.41) is 0. The van der Waals surface area contributed by atoms with Crippen LogP contribution in [0.1, 0.15) is 29.9 Å². The molecule has 0 aromatic heterocycles. The number of ether oxygens (including phenoxy) is 1. The molecule has 0 spiro atoms. The van der Waals surface area contributed by atoms with E-state index in [-0.39, 0.29) is 12.2 Å². The molecule has 4 heteroatoms. The summed E-state index contributed by atoms with van der Waals surface area (Å²) in [6, 6.07) is 8.57. The van der Waals surface area contributed by atoms with Crippen molar-refractivity contribution in [1.29, 1.82) is 0 Å². The van der Waals surface area contributed by atoms with E-state index in [2.05, 4.69) is 24.3 Å². The molecule has 2 unspecified atom stereocenters. The molecule has 2 atom stereocenters. The molecule has 0 saturated carbocycles. The van der Waals surface area contributed by atoms with Crippen molar-refractivity contribution in [1.82, 2.24) is 4.90 Å². The fraction of sp³-hybridized carbons (Fsp3) is 0.533. The molecule has 2 N–H and O–H groups in total. The van der Waals surface area contributed by atoms with Gasteiger partial charge in [0.05, 0.1) is 6.54 Å². The largest absolute Gasteiger partial charge is 0.443 e. The van der Waals surface area contributed by atoms with Gasteiger partial charge in [0.2, 0.25) is 0 Å². The van der Waals surface area contributed by atoms with Gasteiger partial charge >= 0.3 is 6.09 Å². The maximum atomic E-state index is 11.8. The van der Waals surface area contributed by atoms with Gasteiger partial charge in [-0.3, -0.25) is 0 Å².